The second-order valence-corrected chi connectivity index (χ2v) is 6.50. The fourth-order valence-electron chi connectivity index (χ4n) is 3.38. The highest BCUT2D eigenvalue weighted by atomic mass is 19.1. The number of benzene rings is 2. The Balaban J connectivity index is 1.51. The largest absolute Gasteiger partial charge is 0.366 e. The van der Waals surface area contributed by atoms with E-state index < -0.39 is 0 Å². The third-order valence-corrected chi connectivity index (χ3v) is 4.84. The van der Waals surface area contributed by atoms with Crippen LogP contribution in [0.15, 0.2) is 60.9 Å². The van der Waals surface area contributed by atoms with Gasteiger partial charge < -0.3 is 9.80 Å². The molecule has 132 valence electrons. The summed E-state index contributed by atoms with van der Waals surface area (Å²) in [6.45, 7) is 5.19. The van der Waals surface area contributed by atoms with Crippen LogP contribution in [-0.2, 0) is 0 Å². The molecule has 4 rings (SSSR count). The molecular weight excluding hydrogens is 327 g/mol. The van der Waals surface area contributed by atoms with E-state index in [-0.39, 0.29) is 5.82 Å². The molecule has 0 saturated carbocycles. The van der Waals surface area contributed by atoms with Crippen LogP contribution in [0, 0.1) is 12.7 Å². The van der Waals surface area contributed by atoms with Crippen LogP contribution < -0.4 is 9.80 Å². The van der Waals surface area contributed by atoms with E-state index in [1.807, 2.05) is 24.3 Å². The molecule has 1 fully saturated rings. The van der Waals surface area contributed by atoms with Crippen LogP contribution in [0.25, 0.3) is 11.3 Å². The van der Waals surface area contributed by atoms with Gasteiger partial charge in [-0.05, 0) is 24.6 Å². The van der Waals surface area contributed by atoms with Crippen molar-refractivity contribution in [1.82, 2.24) is 9.97 Å². The van der Waals surface area contributed by atoms with Gasteiger partial charge in [-0.3, -0.25) is 4.98 Å². The summed E-state index contributed by atoms with van der Waals surface area (Å²) >= 11 is 0. The maximum atomic E-state index is 14.0. The van der Waals surface area contributed by atoms with E-state index in [1.165, 1.54) is 11.6 Å². The van der Waals surface area contributed by atoms with Crippen LogP contribution in [-0.4, -0.2) is 36.1 Å². The van der Waals surface area contributed by atoms with Crippen molar-refractivity contribution in [2.75, 3.05) is 36.0 Å². The van der Waals surface area contributed by atoms with E-state index in [2.05, 4.69) is 33.8 Å². The fourth-order valence-corrected chi connectivity index (χ4v) is 3.38. The molecule has 0 amide bonds. The monoisotopic (exact) mass is 348 g/mol. The zero-order valence-corrected chi connectivity index (χ0v) is 14.8. The summed E-state index contributed by atoms with van der Waals surface area (Å²) in [6.07, 6.45) is 3.61. The number of anilines is 2. The van der Waals surface area contributed by atoms with E-state index in [4.69, 9.17) is 4.98 Å². The molecule has 1 saturated heterocycles. The first-order valence-corrected chi connectivity index (χ1v) is 8.85. The van der Waals surface area contributed by atoms with Gasteiger partial charge in [-0.15, -0.1) is 0 Å². The van der Waals surface area contributed by atoms with Gasteiger partial charge in [-0.2, -0.15) is 0 Å². The number of halogens is 1. The van der Waals surface area contributed by atoms with Gasteiger partial charge in [0, 0.05) is 31.7 Å². The minimum absolute atomic E-state index is 0.165. The minimum Gasteiger partial charge on any atom is -0.366 e. The zero-order chi connectivity index (χ0) is 17.9. The molecular formula is C21H21FN4. The predicted octanol–water partition coefficient (Wildman–Crippen LogP) is 3.92. The molecule has 2 heterocycles. The number of piperazine rings is 1. The Bertz CT molecular complexity index is 904. The van der Waals surface area contributed by atoms with Crippen molar-refractivity contribution in [3.8, 4) is 11.3 Å². The first-order chi connectivity index (χ1) is 12.7. The molecule has 26 heavy (non-hydrogen) atoms. The first kappa shape index (κ1) is 16.5. The van der Waals surface area contributed by atoms with Crippen LogP contribution in [0.3, 0.4) is 0 Å². The van der Waals surface area contributed by atoms with Crippen LogP contribution >= 0.6 is 0 Å². The maximum Gasteiger partial charge on any atom is 0.147 e. The minimum atomic E-state index is -0.165. The molecule has 1 aliphatic heterocycles. The lowest BCUT2D eigenvalue weighted by Crippen LogP contribution is -2.47. The smallest absolute Gasteiger partial charge is 0.147 e. The molecule has 0 unspecified atom stereocenters. The van der Waals surface area contributed by atoms with Crippen molar-refractivity contribution in [3.63, 3.8) is 0 Å². The second kappa shape index (κ2) is 7.12. The summed E-state index contributed by atoms with van der Waals surface area (Å²) in [5, 5.41) is 0. The molecule has 5 heteroatoms. The average Bonchev–Trinajstić information content (AvgIpc) is 2.69. The first-order valence-electron chi connectivity index (χ1n) is 8.85. The van der Waals surface area contributed by atoms with Crippen LogP contribution in [0.1, 0.15) is 5.56 Å². The Morgan fingerprint density at radius 1 is 0.846 bits per heavy atom. The summed E-state index contributed by atoms with van der Waals surface area (Å²) in [6, 6.07) is 15.1. The highest BCUT2D eigenvalue weighted by Crippen LogP contribution is 2.25. The van der Waals surface area contributed by atoms with E-state index in [0.717, 1.165) is 43.3 Å². The lowest BCUT2D eigenvalue weighted by molar-refractivity contribution is 0.596. The van der Waals surface area contributed by atoms with Crippen molar-refractivity contribution in [3.05, 3.63) is 72.3 Å². The molecule has 4 nitrogen and oxygen atoms in total. The highest BCUT2D eigenvalue weighted by Gasteiger charge is 2.20. The number of hydrogen-bond donors (Lipinski definition) is 0. The number of hydrogen-bond acceptors (Lipinski definition) is 4. The number of rotatable bonds is 3. The second-order valence-electron chi connectivity index (χ2n) is 6.50. The molecule has 1 aliphatic rings. The Morgan fingerprint density at radius 2 is 1.54 bits per heavy atom. The number of aryl methyl sites for hydroxylation is 1. The van der Waals surface area contributed by atoms with Crippen LogP contribution in [0.5, 0.6) is 0 Å². The number of nitrogens with zero attached hydrogens (tertiary/aromatic N) is 4. The molecule has 1 aromatic heterocycles. The fraction of sp³-hybridized carbons (Fsp3) is 0.238. The number of para-hydroxylation sites is 1. The van der Waals surface area contributed by atoms with Gasteiger partial charge in [-0.1, -0.05) is 36.4 Å². The lowest BCUT2D eigenvalue weighted by Gasteiger charge is -2.36. The third kappa shape index (κ3) is 3.25. The molecule has 0 aliphatic carbocycles. The van der Waals surface area contributed by atoms with Crippen molar-refractivity contribution in [2.24, 2.45) is 0 Å². The molecule has 0 bridgehead atoms. The Kier molecular flexibility index (Phi) is 4.52. The molecule has 0 spiro atoms. The molecule has 0 N–H and O–H groups in total. The van der Waals surface area contributed by atoms with Gasteiger partial charge >= 0.3 is 0 Å². The molecule has 0 atom stereocenters. The van der Waals surface area contributed by atoms with Crippen LogP contribution in [0.2, 0.25) is 0 Å². The summed E-state index contributed by atoms with van der Waals surface area (Å²) in [7, 11) is 0. The summed E-state index contributed by atoms with van der Waals surface area (Å²) < 4.78 is 14.0. The van der Waals surface area contributed by atoms with Gasteiger partial charge in [0.1, 0.15) is 11.6 Å². The van der Waals surface area contributed by atoms with E-state index in [9.17, 15) is 4.39 Å². The van der Waals surface area contributed by atoms with Gasteiger partial charge in [-0.25, -0.2) is 9.37 Å². The van der Waals surface area contributed by atoms with E-state index >= 15 is 0 Å². The average molecular weight is 348 g/mol. The van der Waals surface area contributed by atoms with Crippen molar-refractivity contribution >= 4 is 11.5 Å². The van der Waals surface area contributed by atoms with Crippen molar-refractivity contribution in [2.45, 2.75) is 6.92 Å². The maximum absolute atomic E-state index is 14.0. The highest BCUT2D eigenvalue weighted by molar-refractivity contribution is 5.64. The van der Waals surface area contributed by atoms with Gasteiger partial charge in [0.2, 0.25) is 0 Å². The predicted molar refractivity (Wildman–Crippen MR) is 103 cm³/mol. The van der Waals surface area contributed by atoms with E-state index in [0.29, 0.717) is 5.69 Å². The van der Waals surface area contributed by atoms with Gasteiger partial charge in [0.25, 0.3) is 0 Å². The Morgan fingerprint density at radius 3 is 2.31 bits per heavy atom. The summed E-state index contributed by atoms with van der Waals surface area (Å²) in [5.41, 5.74) is 3.85. The lowest BCUT2D eigenvalue weighted by atomic mass is 10.1. The van der Waals surface area contributed by atoms with Gasteiger partial charge in [0.15, 0.2) is 0 Å². The topological polar surface area (TPSA) is 32.3 Å². The van der Waals surface area contributed by atoms with Crippen molar-refractivity contribution in [1.29, 1.82) is 0 Å². The summed E-state index contributed by atoms with van der Waals surface area (Å²) in [5.74, 6) is 0.709. The standard InChI is InChI=1S/C21H21FN4/c1-16-6-2-3-7-17(16)19-14-23-15-21(24-19)26-12-10-25(11-13-26)20-9-5-4-8-18(20)22/h2-9,14-15H,10-13H2,1H3. The third-order valence-electron chi connectivity index (χ3n) is 4.84. The van der Waals surface area contributed by atoms with Gasteiger partial charge in [0.05, 0.1) is 23.8 Å². The Hall–Kier alpha value is -2.95. The van der Waals surface area contributed by atoms with E-state index in [1.54, 1.807) is 18.5 Å². The molecule has 3 aromatic rings. The van der Waals surface area contributed by atoms with Crippen molar-refractivity contribution < 1.29 is 4.39 Å². The molecule has 0 radical (unpaired) electrons. The SMILES string of the molecule is Cc1ccccc1-c1cncc(N2CCN(c3ccccc3F)CC2)n1. The quantitative estimate of drug-likeness (QED) is 0.718. The Labute approximate surface area is 152 Å². The normalized spacial score (nSPS) is 14.5. The summed E-state index contributed by atoms with van der Waals surface area (Å²) in [4.78, 5) is 13.5. The van der Waals surface area contributed by atoms with Crippen LogP contribution in [0.4, 0.5) is 15.9 Å². The number of aromatic nitrogens is 2. The molecule has 2 aromatic carbocycles. The zero-order valence-electron chi connectivity index (χ0n) is 14.8.